The van der Waals surface area contributed by atoms with Gasteiger partial charge in [-0.05, 0) is 32.1 Å². The molecule has 0 radical (unpaired) electrons. The Balaban J connectivity index is 1.86. The molecule has 0 spiro atoms. The molecule has 2 aliphatic rings. The summed E-state index contributed by atoms with van der Waals surface area (Å²) in [6, 6.07) is 0.383. The number of halogens is 3. The Morgan fingerprint density at radius 3 is 2.65 bits per heavy atom. The van der Waals surface area contributed by atoms with Crippen LogP contribution < -0.4 is 0 Å². The first-order valence-electron chi connectivity index (χ1n) is 7.57. The second-order valence-corrected chi connectivity index (χ2v) is 6.63. The van der Waals surface area contributed by atoms with E-state index in [0.717, 1.165) is 18.5 Å². The molecule has 2 aliphatic carbocycles. The molecule has 1 fully saturated rings. The molecule has 0 bridgehead atoms. The summed E-state index contributed by atoms with van der Waals surface area (Å²) in [7, 11) is 0. The van der Waals surface area contributed by atoms with E-state index in [4.69, 9.17) is 4.52 Å². The van der Waals surface area contributed by atoms with E-state index in [2.05, 4.69) is 10.3 Å². The molecule has 0 aliphatic heterocycles. The molecular formula is C15H16F3N3O2. The zero-order valence-electron chi connectivity index (χ0n) is 12.7. The van der Waals surface area contributed by atoms with Crippen molar-refractivity contribution in [3.8, 4) is 11.3 Å². The number of hydrogen-bond acceptors (Lipinski definition) is 4. The van der Waals surface area contributed by atoms with Crippen LogP contribution in [0.1, 0.15) is 55.6 Å². The Kier molecular flexibility index (Phi) is 2.80. The molecule has 8 heteroatoms. The molecule has 2 atom stereocenters. The number of fused-ring (bicyclic) bond motifs is 3. The van der Waals surface area contributed by atoms with Crippen molar-refractivity contribution in [1.82, 2.24) is 14.9 Å². The molecule has 5 nitrogen and oxygen atoms in total. The van der Waals surface area contributed by atoms with E-state index < -0.39 is 17.5 Å². The molecule has 1 N–H and O–H groups in total. The van der Waals surface area contributed by atoms with Crippen LogP contribution in [0.4, 0.5) is 13.2 Å². The lowest BCUT2D eigenvalue weighted by atomic mass is 9.82. The molecule has 0 unspecified atom stereocenters. The van der Waals surface area contributed by atoms with Gasteiger partial charge in [-0.3, -0.25) is 4.68 Å². The van der Waals surface area contributed by atoms with Crippen molar-refractivity contribution in [1.29, 1.82) is 0 Å². The maximum absolute atomic E-state index is 13.2. The first kappa shape index (κ1) is 14.7. The highest BCUT2D eigenvalue weighted by molar-refractivity contribution is 5.68. The van der Waals surface area contributed by atoms with Gasteiger partial charge in [0.1, 0.15) is 5.69 Å². The Labute approximate surface area is 130 Å². The van der Waals surface area contributed by atoms with Crippen LogP contribution in [0.5, 0.6) is 0 Å². The Morgan fingerprint density at radius 1 is 1.35 bits per heavy atom. The maximum Gasteiger partial charge on any atom is 0.422 e. The molecule has 0 amide bonds. The highest BCUT2D eigenvalue weighted by Crippen LogP contribution is 2.49. The number of alkyl halides is 3. The summed E-state index contributed by atoms with van der Waals surface area (Å²) in [5, 5.41) is 17.9. The number of aliphatic hydroxyl groups is 1. The van der Waals surface area contributed by atoms with Crippen molar-refractivity contribution < 1.29 is 22.8 Å². The van der Waals surface area contributed by atoms with Crippen LogP contribution in [0.15, 0.2) is 10.7 Å². The first-order valence-corrected chi connectivity index (χ1v) is 7.57. The molecule has 0 aromatic carbocycles. The maximum atomic E-state index is 13.2. The highest BCUT2D eigenvalue weighted by atomic mass is 19.4. The predicted octanol–water partition coefficient (Wildman–Crippen LogP) is 3.30. The zero-order chi connectivity index (χ0) is 16.6. The molecular weight excluding hydrogens is 311 g/mol. The lowest BCUT2D eigenvalue weighted by Crippen LogP contribution is -2.40. The third-order valence-electron chi connectivity index (χ3n) is 4.77. The second kappa shape index (κ2) is 4.37. The van der Waals surface area contributed by atoms with Crippen molar-refractivity contribution in [3.05, 3.63) is 23.1 Å². The summed E-state index contributed by atoms with van der Waals surface area (Å²) in [5.74, 6) is 0.0620. The van der Waals surface area contributed by atoms with E-state index >= 15 is 0 Å². The van der Waals surface area contributed by atoms with E-state index in [1.807, 2.05) is 11.6 Å². The van der Waals surface area contributed by atoms with Gasteiger partial charge in [0, 0.05) is 5.56 Å². The molecule has 124 valence electrons. The van der Waals surface area contributed by atoms with E-state index in [1.54, 1.807) is 6.20 Å². The zero-order valence-corrected chi connectivity index (χ0v) is 12.7. The van der Waals surface area contributed by atoms with Crippen molar-refractivity contribution in [2.45, 2.75) is 56.8 Å². The minimum atomic E-state index is -4.82. The quantitative estimate of drug-likeness (QED) is 0.919. The average molecular weight is 327 g/mol. The molecule has 23 heavy (non-hydrogen) atoms. The largest absolute Gasteiger partial charge is 0.422 e. The third kappa shape index (κ3) is 1.97. The Hall–Kier alpha value is -1.83. The third-order valence-corrected chi connectivity index (χ3v) is 4.77. The lowest BCUT2D eigenvalue weighted by molar-refractivity contribution is -0.261. The van der Waals surface area contributed by atoms with Gasteiger partial charge in [-0.2, -0.15) is 18.3 Å². The standard InChI is InChI=1S/C15H16F3N3O2/c1-7-5-10-9(6-19-21(10)8-3-4-8)12-11(7)13(20-23-12)14(2,22)15(16,17)18/h6-8,22H,3-5H2,1-2H3/t7-,14+/m0/s1. The van der Waals surface area contributed by atoms with Gasteiger partial charge >= 0.3 is 6.18 Å². The molecule has 2 aromatic rings. The summed E-state index contributed by atoms with van der Waals surface area (Å²) in [5.41, 5.74) is -1.50. The number of rotatable bonds is 2. The van der Waals surface area contributed by atoms with Crippen LogP contribution in [0, 0.1) is 0 Å². The number of aromatic nitrogens is 3. The van der Waals surface area contributed by atoms with Crippen molar-refractivity contribution in [2.24, 2.45) is 0 Å². The highest BCUT2D eigenvalue weighted by Gasteiger charge is 2.55. The average Bonchev–Trinajstić information content (AvgIpc) is 3.03. The monoisotopic (exact) mass is 327 g/mol. The first-order chi connectivity index (χ1) is 10.7. The van der Waals surface area contributed by atoms with Gasteiger partial charge in [0.05, 0.1) is 23.5 Å². The van der Waals surface area contributed by atoms with Gasteiger partial charge in [0.2, 0.25) is 5.60 Å². The summed E-state index contributed by atoms with van der Waals surface area (Å²) < 4.78 is 46.6. The predicted molar refractivity (Wildman–Crippen MR) is 73.7 cm³/mol. The Bertz CT molecular complexity index is 772. The number of nitrogens with zero attached hydrogens (tertiary/aromatic N) is 3. The van der Waals surface area contributed by atoms with E-state index in [1.165, 1.54) is 0 Å². The summed E-state index contributed by atoms with van der Waals surface area (Å²) in [6.07, 6.45) is -0.508. The van der Waals surface area contributed by atoms with Crippen LogP contribution in [0.3, 0.4) is 0 Å². The molecule has 4 rings (SSSR count). The minimum absolute atomic E-state index is 0.234. The SMILES string of the molecule is C[C@H]1Cc2c(cnn2C2CC2)-c2onc([C@@](C)(O)C(F)(F)F)c21. The fraction of sp³-hybridized carbons (Fsp3) is 0.600. The number of hydrogen-bond donors (Lipinski definition) is 1. The van der Waals surface area contributed by atoms with Crippen LogP contribution in [0.2, 0.25) is 0 Å². The fourth-order valence-corrected chi connectivity index (χ4v) is 3.24. The van der Waals surface area contributed by atoms with E-state index in [9.17, 15) is 18.3 Å². The van der Waals surface area contributed by atoms with Gasteiger partial charge in [-0.1, -0.05) is 12.1 Å². The second-order valence-electron chi connectivity index (χ2n) is 6.63. The summed E-state index contributed by atoms with van der Waals surface area (Å²) >= 11 is 0. The normalized spacial score (nSPS) is 23.3. The van der Waals surface area contributed by atoms with Crippen LogP contribution >= 0.6 is 0 Å². The Morgan fingerprint density at radius 2 is 2.04 bits per heavy atom. The van der Waals surface area contributed by atoms with Crippen LogP contribution in [-0.2, 0) is 12.0 Å². The fourth-order valence-electron chi connectivity index (χ4n) is 3.24. The van der Waals surface area contributed by atoms with Gasteiger partial charge < -0.3 is 9.63 Å². The lowest BCUT2D eigenvalue weighted by Gasteiger charge is -2.27. The minimum Gasteiger partial charge on any atom is -0.375 e. The van der Waals surface area contributed by atoms with Gasteiger partial charge in [0.15, 0.2) is 5.76 Å². The molecule has 0 saturated heterocycles. The van der Waals surface area contributed by atoms with Gasteiger partial charge in [-0.25, -0.2) is 0 Å². The van der Waals surface area contributed by atoms with Gasteiger partial charge in [-0.15, -0.1) is 0 Å². The molecule has 1 saturated carbocycles. The smallest absolute Gasteiger partial charge is 0.375 e. The topological polar surface area (TPSA) is 64.1 Å². The van der Waals surface area contributed by atoms with Crippen molar-refractivity contribution >= 4 is 0 Å². The van der Waals surface area contributed by atoms with Crippen LogP contribution in [0.25, 0.3) is 11.3 Å². The summed E-state index contributed by atoms with van der Waals surface area (Å²) in [6.45, 7) is 2.53. The van der Waals surface area contributed by atoms with E-state index in [0.29, 0.717) is 36.3 Å². The van der Waals surface area contributed by atoms with Crippen molar-refractivity contribution in [3.63, 3.8) is 0 Å². The van der Waals surface area contributed by atoms with Gasteiger partial charge in [0.25, 0.3) is 0 Å². The van der Waals surface area contributed by atoms with Crippen molar-refractivity contribution in [2.75, 3.05) is 0 Å². The van der Waals surface area contributed by atoms with E-state index in [-0.39, 0.29) is 5.92 Å². The molecule has 2 heterocycles. The molecule has 2 aromatic heterocycles. The van der Waals surface area contributed by atoms with Crippen LogP contribution in [-0.4, -0.2) is 26.2 Å². The summed E-state index contributed by atoms with van der Waals surface area (Å²) in [4.78, 5) is 0.